The van der Waals surface area contributed by atoms with Crippen molar-refractivity contribution in [1.82, 2.24) is 4.90 Å². The SMILES string of the molecule is CS(=O)(=O)c1cccc(-c2ccc(C(CC(=N)C(=O)N3CCOCC3)=Nc3ccccc3Cl)s2)c1. The van der Waals surface area contributed by atoms with Gasteiger partial charge in [-0.05, 0) is 42.0 Å². The van der Waals surface area contributed by atoms with E-state index in [1.165, 1.54) is 17.6 Å². The Kier molecular flexibility index (Phi) is 7.81. The van der Waals surface area contributed by atoms with Crippen molar-refractivity contribution in [2.75, 3.05) is 32.6 Å². The fraction of sp³-hybridized carbons (Fsp3) is 0.240. The van der Waals surface area contributed by atoms with Gasteiger partial charge in [-0.15, -0.1) is 11.3 Å². The van der Waals surface area contributed by atoms with Crippen LogP contribution in [0.4, 0.5) is 5.69 Å². The van der Waals surface area contributed by atoms with Crippen molar-refractivity contribution >= 4 is 55.8 Å². The van der Waals surface area contributed by atoms with Crippen LogP contribution in [-0.4, -0.2) is 63.2 Å². The highest BCUT2D eigenvalue weighted by Gasteiger charge is 2.23. The van der Waals surface area contributed by atoms with Gasteiger partial charge in [-0.3, -0.25) is 15.2 Å². The Labute approximate surface area is 213 Å². The summed E-state index contributed by atoms with van der Waals surface area (Å²) in [5.41, 5.74) is 1.79. The van der Waals surface area contributed by atoms with Crippen molar-refractivity contribution in [2.45, 2.75) is 11.3 Å². The molecule has 0 spiro atoms. The zero-order valence-corrected chi connectivity index (χ0v) is 21.4. The molecule has 0 unspecified atom stereocenters. The first-order valence-corrected chi connectivity index (χ1v) is 14.0. The van der Waals surface area contributed by atoms with Crippen LogP contribution in [0.5, 0.6) is 0 Å². The number of ether oxygens (including phenoxy) is 1. The maximum Gasteiger partial charge on any atom is 0.268 e. The molecule has 1 aliphatic heterocycles. The third-order valence-corrected chi connectivity index (χ3v) is 8.06. The second-order valence-electron chi connectivity index (χ2n) is 8.03. The van der Waals surface area contributed by atoms with E-state index in [-0.39, 0.29) is 22.9 Å². The number of amides is 1. The minimum Gasteiger partial charge on any atom is -0.378 e. The van der Waals surface area contributed by atoms with Gasteiger partial charge in [0, 0.05) is 35.5 Å². The van der Waals surface area contributed by atoms with Crippen molar-refractivity contribution in [3.05, 3.63) is 70.6 Å². The second kappa shape index (κ2) is 10.8. The van der Waals surface area contributed by atoms with Gasteiger partial charge in [0.05, 0.1) is 34.5 Å². The number of rotatable bonds is 7. The molecule has 2 aromatic carbocycles. The summed E-state index contributed by atoms with van der Waals surface area (Å²) >= 11 is 7.75. The number of carbonyl (C=O) groups excluding carboxylic acids is 1. The predicted octanol–water partition coefficient (Wildman–Crippen LogP) is 4.86. The van der Waals surface area contributed by atoms with Crippen LogP contribution in [0.15, 0.2) is 70.6 Å². The average Bonchev–Trinajstić information content (AvgIpc) is 3.35. The molecule has 182 valence electrons. The normalized spacial score (nSPS) is 14.7. The van der Waals surface area contributed by atoms with Crippen molar-refractivity contribution in [3.8, 4) is 10.4 Å². The van der Waals surface area contributed by atoms with Crippen LogP contribution in [0.1, 0.15) is 11.3 Å². The molecule has 0 radical (unpaired) electrons. The van der Waals surface area contributed by atoms with Gasteiger partial charge in [0.1, 0.15) is 5.71 Å². The molecule has 0 atom stereocenters. The van der Waals surface area contributed by atoms with Crippen LogP contribution in [-0.2, 0) is 19.4 Å². The molecule has 7 nitrogen and oxygen atoms in total. The highest BCUT2D eigenvalue weighted by molar-refractivity contribution is 7.90. The Bertz CT molecular complexity index is 1390. The first kappa shape index (κ1) is 25.2. The number of morpholine rings is 1. The Morgan fingerprint density at radius 2 is 1.86 bits per heavy atom. The smallest absolute Gasteiger partial charge is 0.268 e. The van der Waals surface area contributed by atoms with E-state index in [0.29, 0.717) is 42.7 Å². The number of benzene rings is 2. The lowest BCUT2D eigenvalue weighted by molar-refractivity contribution is -0.128. The van der Waals surface area contributed by atoms with Gasteiger partial charge >= 0.3 is 0 Å². The van der Waals surface area contributed by atoms with Crippen molar-refractivity contribution in [1.29, 1.82) is 5.41 Å². The summed E-state index contributed by atoms with van der Waals surface area (Å²) in [6, 6.07) is 17.7. The molecular weight excluding hydrogens is 506 g/mol. The molecule has 1 fully saturated rings. The second-order valence-corrected chi connectivity index (χ2v) is 11.5. The summed E-state index contributed by atoms with van der Waals surface area (Å²) < 4.78 is 29.3. The fourth-order valence-electron chi connectivity index (χ4n) is 3.60. The monoisotopic (exact) mass is 529 g/mol. The zero-order chi connectivity index (χ0) is 25.0. The van der Waals surface area contributed by atoms with Crippen molar-refractivity contribution < 1.29 is 17.9 Å². The van der Waals surface area contributed by atoms with E-state index >= 15 is 0 Å². The van der Waals surface area contributed by atoms with Gasteiger partial charge in [0.15, 0.2) is 9.84 Å². The molecule has 10 heteroatoms. The van der Waals surface area contributed by atoms with E-state index in [2.05, 4.69) is 0 Å². The number of halogens is 1. The molecule has 0 saturated carbocycles. The Morgan fingerprint density at radius 3 is 2.57 bits per heavy atom. The van der Waals surface area contributed by atoms with Gasteiger partial charge in [-0.1, -0.05) is 35.9 Å². The number of nitrogens with one attached hydrogen (secondary N) is 1. The molecule has 35 heavy (non-hydrogen) atoms. The molecule has 4 rings (SSSR count). The van der Waals surface area contributed by atoms with E-state index in [0.717, 1.165) is 15.3 Å². The van der Waals surface area contributed by atoms with Gasteiger partial charge in [0.2, 0.25) is 0 Å². The van der Waals surface area contributed by atoms with Gasteiger partial charge in [-0.2, -0.15) is 0 Å². The van der Waals surface area contributed by atoms with Crippen molar-refractivity contribution in [2.24, 2.45) is 4.99 Å². The summed E-state index contributed by atoms with van der Waals surface area (Å²) in [5, 5.41) is 8.96. The highest BCUT2D eigenvalue weighted by Crippen LogP contribution is 2.32. The lowest BCUT2D eigenvalue weighted by atomic mass is 10.1. The minimum absolute atomic E-state index is 0.0325. The number of para-hydroxylation sites is 1. The number of thiophene rings is 1. The third kappa shape index (κ3) is 6.24. The largest absolute Gasteiger partial charge is 0.378 e. The zero-order valence-electron chi connectivity index (χ0n) is 19.0. The quantitative estimate of drug-likeness (QED) is 0.442. The molecule has 1 aliphatic rings. The van der Waals surface area contributed by atoms with Gasteiger partial charge < -0.3 is 9.64 Å². The summed E-state index contributed by atoms with van der Waals surface area (Å²) in [7, 11) is -3.34. The van der Waals surface area contributed by atoms with Gasteiger partial charge in [0.25, 0.3) is 5.91 Å². The Balaban J connectivity index is 1.67. The van der Waals surface area contributed by atoms with Crippen molar-refractivity contribution in [3.63, 3.8) is 0 Å². The summed E-state index contributed by atoms with van der Waals surface area (Å²) in [6.07, 6.45) is 1.21. The van der Waals surface area contributed by atoms with Crippen LogP contribution < -0.4 is 0 Å². The molecule has 1 aromatic heterocycles. The van der Waals surface area contributed by atoms with E-state index in [9.17, 15) is 13.2 Å². The molecular formula is C25H24ClN3O4S2. The summed E-state index contributed by atoms with van der Waals surface area (Å²) in [6.45, 7) is 1.83. The Hall–Kier alpha value is -2.85. The number of nitrogens with zero attached hydrogens (tertiary/aromatic N) is 2. The molecule has 3 aromatic rings. The predicted molar refractivity (Wildman–Crippen MR) is 140 cm³/mol. The van der Waals surface area contributed by atoms with E-state index < -0.39 is 9.84 Å². The van der Waals surface area contributed by atoms with Crippen LogP contribution in [0, 0.1) is 5.41 Å². The number of sulfone groups is 1. The van der Waals surface area contributed by atoms with Crippen LogP contribution in [0.2, 0.25) is 5.02 Å². The third-order valence-electron chi connectivity index (χ3n) is 5.45. The molecule has 0 aliphatic carbocycles. The number of hydrogen-bond acceptors (Lipinski definition) is 7. The van der Waals surface area contributed by atoms with Crippen LogP contribution in [0.25, 0.3) is 10.4 Å². The lowest BCUT2D eigenvalue weighted by Crippen LogP contribution is -2.44. The summed E-state index contributed by atoms with van der Waals surface area (Å²) in [5.74, 6) is -0.335. The van der Waals surface area contributed by atoms with Crippen LogP contribution >= 0.6 is 22.9 Å². The molecule has 2 heterocycles. The Morgan fingerprint density at radius 1 is 1.11 bits per heavy atom. The maximum atomic E-state index is 12.9. The highest BCUT2D eigenvalue weighted by atomic mass is 35.5. The van der Waals surface area contributed by atoms with E-state index in [4.69, 9.17) is 26.7 Å². The topological polar surface area (TPSA) is 99.9 Å². The van der Waals surface area contributed by atoms with Gasteiger partial charge in [-0.25, -0.2) is 8.42 Å². The number of aliphatic imine (C=N–C) groups is 1. The van der Waals surface area contributed by atoms with E-state index in [1.54, 1.807) is 35.2 Å². The number of hydrogen-bond donors (Lipinski definition) is 1. The summed E-state index contributed by atoms with van der Waals surface area (Å²) in [4.78, 5) is 21.1. The first-order valence-electron chi connectivity index (χ1n) is 10.9. The minimum atomic E-state index is -3.34. The molecule has 1 amide bonds. The maximum absolute atomic E-state index is 12.9. The number of carbonyl (C=O) groups is 1. The molecule has 1 saturated heterocycles. The van der Waals surface area contributed by atoms with E-state index in [1.807, 2.05) is 30.3 Å². The van der Waals surface area contributed by atoms with Crippen LogP contribution in [0.3, 0.4) is 0 Å². The fourth-order valence-corrected chi connectivity index (χ4v) is 5.43. The lowest BCUT2D eigenvalue weighted by Gasteiger charge is -2.27. The first-order chi connectivity index (χ1) is 16.7. The average molecular weight is 530 g/mol. The molecule has 1 N–H and O–H groups in total. The standard InChI is InChI=1S/C25H24ClN3O4S2/c1-35(31,32)18-6-4-5-17(15-18)23-9-10-24(34-23)22(28-21-8-3-2-7-19(21)26)16-20(27)25(30)29-11-13-33-14-12-29/h2-10,15,27H,11-14,16H2,1H3. The molecule has 0 bridgehead atoms.